The Bertz CT molecular complexity index is 447. The molecule has 0 bridgehead atoms. The van der Waals surface area contributed by atoms with Crippen LogP contribution in [0.25, 0.3) is 0 Å². The van der Waals surface area contributed by atoms with Crippen LogP contribution in [0.15, 0.2) is 6.07 Å². The molecule has 1 heterocycles. The molecule has 17 heavy (non-hydrogen) atoms. The van der Waals surface area contributed by atoms with Crippen LogP contribution in [0.2, 0.25) is 15.3 Å². The van der Waals surface area contributed by atoms with Crippen LogP contribution in [-0.4, -0.2) is 16.6 Å². The van der Waals surface area contributed by atoms with Gasteiger partial charge in [-0.2, -0.15) is 0 Å². The molecule has 0 saturated heterocycles. The SMILES string of the molecule is CCC(C)(C)OC(=O)c1cc(Cl)c(Cl)nc1Cl. The first kappa shape index (κ1) is 14.6. The highest BCUT2D eigenvalue weighted by atomic mass is 35.5. The number of ether oxygens (including phenoxy) is 1. The van der Waals surface area contributed by atoms with Gasteiger partial charge in [-0.1, -0.05) is 41.7 Å². The van der Waals surface area contributed by atoms with E-state index in [-0.39, 0.29) is 20.9 Å². The van der Waals surface area contributed by atoms with E-state index < -0.39 is 11.6 Å². The van der Waals surface area contributed by atoms with Crippen molar-refractivity contribution in [2.45, 2.75) is 32.8 Å². The maximum atomic E-state index is 11.9. The molecule has 0 aliphatic carbocycles. The zero-order valence-electron chi connectivity index (χ0n) is 9.68. The van der Waals surface area contributed by atoms with Gasteiger partial charge in [0.05, 0.1) is 10.6 Å². The molecule has 0 aromatic carbocycles. The van der Waals surface area contributed by atoms with Crippen molar-refractivity contribution < 1.29 is 9.53 Å². The fourth-order valence-electron chi connectivity index (χ4n) is 0.967. The van der Waals surface area contributed by atoms with Crippen molar-refractivity contribution in [2.75, 3.05) is 0 Å². The third kappa shape index (κ3) is 3.73. The Balaban J connectivity index is 3.01. The molecule has 0 aliphatic rings. The fraction of sp³-hybridized carbons (Fsp3) is 0.455. The summed E-state index contributed by atoms with van der Waals surface area (Å²) >= 11 is 17.3. The van der Waals surface area contributed by atoms with Crippen molar-refractivity contribution in [3.63, 3.8) is 0 Å². The topological polar surface area (TPSA) is 39.2 Å². The molecular formula is C11H12Cl3NO2. The number of rotatable bonds is 3. The summed E-state index contributed by atoms with van der Waals surface area (Å²) in [5, 5.41) is 0.205. The molecule has 0 radical (unpaired) electrons. The molecule has 3 nitrogen and oxygen atoms in total. The van der Waals surface area contributed by atoms with Crippen LogP contribution >= 0.6 is 34.8 Å². The molecule has 0 atom stereocenters. The summed E-state index contributed by atoms with van der Waals surface area (Å²) in [6, 6.07) is 1.35. The number of aromatic nitrogens is 1. The normalized spacial score (nSPS) is 11.4. The maximum Gasteiger partial charge on any atom is 0.341 e. The number of hydrogen-bond acceptors (Lipinski definition) is 3. The number of esters is 1. The second-order valence-electron chi connectivity index (χ2n) is 4.10. The van der Waals surface area contributed by atoms with E-state index in [9.17, 15) is 4.79 Å². The summed E-state index contributed by atoms with van der Waals surface area (Å²) in [6.07, 6.45) is 0.686. The lowest BCUT2D eigenvalue weighted by atomic mass is 10.1. The summed E-state index contributed by atoms with van der Waals surface area (Å²) in [6.45, 7) is 5.54. The molecule has 0 spiro atoms. The number of pyridine rings is 1. The summed E-state index contributed by atoms with van der Waals surface area (Å²) in [5.41, 5.74) is -0.449. The molecule has 0 amide bonds. The van der Waals surface area contributed by atoms with E-state index in [2.05, 4.69) is 4.98 Å². The predicted octanol–water partition coefficient (Wildman–Crippen LogP) is 4.39. The lowest BCUT2D eigenvalue weighted by Gasteiger charge is -2.23. The van der Waals surface area contributed by atoms with Gasteiger partial charge in [-0.05, 0) is 26.3 Å². The number of carbonyl (C=O) groups is 1. The number of nitrogens with zero attached hydrogens (tertiary/aromatic N) is 1. The molecule has 0 fully saturated rings. The summed E-state index contributed by atoms with van der Waals surface area (Å²) < 4.78 is 5.28. The monoisotopic (exact) mass is 295 g/mol. The highest BCUT2D eigenvalue weighted by molar-refractivity contribution is 6.42. The second-order valence-corrected chi connectivity index (χ2v) is 5.23. The Morgan fingerprint density at radius 3 is 2.47 bits per heavy atom. The molecule has 0 unspecified atom stereocenters. The van der Waals surface area contributed by atoms with Gasteiger partial charge in [-0.25, -0.2) is 9.78 Å². The average Bonchev–Trinajstić information content (AvgIpc) is 2.22. The van der Waals surface area contributed by atoms with E-state index in [1.807, 2.05) is 20.8 Å². The van der Waals surface area contributed by atoms with Gasteiger partial charge < -0.3 is 4.74 Å². The van der Waals surface area contributed by atoms with E-state index in [1.54, 1.807) is 0 Å². The lowest BCUT2D eigenvalue weighted by molar-refractivity contribution is -0.00245. The second kappa shape index (κ2) is 5.42. The van der Waals surface area contributed by atoms with Gasteiger partial charge in [0.2, 0.25) is 0 Å². The minimum Gasteiger partial charge on any atom is -0.456 e. The van der Waals surface area contributed by atoms with Gasteiger partial charge in [-0.3, -0.25) is 0 Å². The summed E-state index contributed by atoms with van der Waals surface area (Å²) in [7, 11) is 0. The van der Waals surface area contributed by atoms with E-state index in [0.717, 1.165) is 0 Å². The number of halogens is 3. The predicted molar refractivity (Wildman–Crippen MR) is 69.1 cm³/mol. The van der Waals surface area contributed by atoms with Gasteiger partial charge in [0.1, 0.15) is 15.9 Å². The molecular weight excluding hydrogens is 284 g/mol. The first-order valence-corrected chi connectivity index (χ1v) is 6.15. The zero-order chi connectivity index (χ0) is 13.2. The molecule has 1 aromatic rings. The number of carbonyl (C=O) groups excluding carboxylic acids is 1. The van der Waals surface area contributed by atoms with Crippen LogP contribution < -0.4 is 0 Å². The van der Waals surface area contributed by atoms with Crippen LogP contribution in [0, 0.1) is 0 Å². The Kier molecular flexibility index (Phi) is 4.64. The zero-order valence-corrected chi connectivity index (χ0v) is 11.9. The summed E-state index contributed by atoms with van der Waals surface area (Å²) in [4.78, 5) is 15.6. The van der Waals surface area contributed by atoms with Gasteiger partial charge in [0, 0.05) is 0 Å². The Morgan fingerprint density at radius 2 is 1.94 bits per heavy atom. The van der Waals surface area contributed by atoms with Crippen molar-refractivity contribution in [1.29, 1.82) is 0 Å². The quantitative estimate of drug-likeness (QED) is 0.613. The molecule has 94 valence electrons. The van der Waals surface area contributed by atoms with Crippen molar-refractivity contribution >= 4 is 40.8 Å². The Labute approximate surface area is 115 Å². The summed E-state index contributed by atoms with van der Waals surface area (Å²) in [5.74, 6) is -0.562. The van der Waals surface area contributed by atoms with Crippen LogP contribution in [0.5, 0.6) is 0 Å². The van der Waals surface area contributed by atoms with Gasteiger partial charge >= 0.3 is 5.97 Å². The van der Waals surface area contributed by atoms with E-state index in [1.165, 1.54) is 6.07 Å². The third-order valence-electron chi connectivity index (χ3n) is 2.33. The maximum absolute atomic E-state index is 11.9. The van der Waals surface area contributed by atoms with E-state index in [0.29, 0.717) is 6.42 Å². The molecule has 6 heteroatoms. The smallest absolute Gasteiger partial charge is 0.341 e. The Morgan fingerprint density at radius 1 is 1.35 bits per heavy atom. The highest BCUT2D eigenvalue weighted by Crippen LogP contribution is 2.27. The number of hydrogen-bond donors (Lipinski definition) is 0. The van der Waals surface area contributed by atoms with Crippen molar-refractivity contribution in [3.05, 3.63) is 27.0 Å². The van der Waals surface area contributed by atoms with E-state index >= 15 is 0 Å². The van der Waals surface area contributed by atoms with Crippen LogP contribution in [-0.2, 0) is 4.74 Å². The molecule has 0 N–H and O–H groups in total. The third-order valence-corrected chi connectivity index (χ3v) is 3.29. The molecule has 1 rings (SSSR count). The Hall–Kier alpha value is -0.510. The molecule has 1 aromatic heterocycles. The van der Waals surface area contributed by atoms with Crippen molar-refractivity contribution in [3.8, 4) is 0 Å². The highest BCUT2D eigenvalue weighted by Gasteiger charge is 2.24. The fourth-order valence-corrected chi connectivity index (χ4v) is 1.52. The minimum absolute atomic E-state index is 0.0173. The van der Waals surface area contributed by atoms with E-state index in [4.69, 9.17) is 39.5 Å². The average molecular weight is 297 g/mol. The van der Waals surface area contributed by atoms with Gasteiger partial charge in [-0.15, -0.1) is 0 Å². The molecule has 0 saturated carbocycles. The standard InChI is InChI=1S/C11H12Cl3NO2/c1-4-11(2,3)17-10(16)6-5-7(12)9(14)15-8(6)13/h5H,4H2,1-3H3. The first-order chi connectivity index (χ1) is 7.76. The molecule has 0 aliphatic heterocycles. The van der Waals surface area contributed by atoms with Crippen LogP contribution in [0.1, 0.15) is 37.6 Å². The van der Waals surface area contributed by atoms with Crippen molar-refractivity contribution in [2.24, 2.45) is 0 Å². The van der Waals surface area contributed by atoms with Crippen LogP contribution in [0.4, 0.5) is 0 Å². The van der Waals surface area contributed by atoms with Gasteiger partial charge in [0.25, 0.3) is 0 Å². The lowest BCUT2D eigenvalue weighted by Crippen LogP contribution is -2.27. The van der Waals surface area contributed by atoms with Gasteiger partial charge in [0.15, 0.2) is 0 Å². The van der Waals surface area contributed by atoms with Crippen LogP contribution in [0.3, 0.4) is 0 Å². The largest absolute Gasteiger partial charge is 0.456 e. The van der Waals surface area contributed by atoms with Crippen molar-refractivity contribution in [1.82, 2.24) is 4.98 Å². The minimum atomic E-state index is -0.563. The first-order valence-electron chi connectivity index (χ1n) is 5.01.